The molecule has 2 amide bonds. The number of nitrogens with one attached hydrogen (secondary N) is 1. The molecule has 34 heavy (non-hydrogen) atoms. The van der Waals surface area contributed by atoms with Crippen molar-refractivity contribution in [1.29, 1.82) is 0 Å². The summed E-state index contributed by atoms with van der Waals surface area (Å²) in [5, 5.41) is 2.46. The lowest BCUT2D eigenvalue weighted by Crippen LogP contribution is -2.39. The molecule has 0 aliphatic carbocycles. The number of hydrogen-bond acceptors (Lipinski definition) is 6. The van der Waals surface area contributed by atoms with Crippen molar-refractivity contribution < 1.29 is 31.9 Å². The van der Waals surface area contributed by atoms with Gasteiger partial charge < -0.3 is 20.5 Å². The van der Waals surface area contributed by atoms with Gasteiger partial charge in [0.2, 0.25) is 5.91 Å². The van der Waals surface area contributed by atoms with Gasteiger partial charge in [-0.2, -0.15) is 0 Å². The minimum absolute atomic E-state index is 0.0380. The first-order valence-corrected chi connectivity index (χ1v) is 11.3. The first-order chi connectivity index (χ1) is 16.2. The van der Waals surface area contributed by atoms with Gasteiger partial charge in [-0.1, -0.05) is 24.3 Å². The van der Waals surface area contributed by atoms with Gasteiger partial charge in [0.05, 0.1) is 36.1 Å². The van der Waals surface area contributed by atoms with E-state index in [2.05, 4.69) is 5.32 Å². The molecule has 0 aromatic heterocycles. The van der Waals surface area contributed by atoms with E-state index in [0.29, 0.717) is 10.1 Å². The van der Waals surface area contributed by atoms with Crippen molar-refractivity contribution in [3.8, 4) is 11.5 Å². The number of para-hydroxylation sites is 2. The van der Waals surface area contributed by atoms with Crippen molar-refractivity contribution >= 4 is 33.2 Å². The number of halogens is 1. The molecule has 0 unspecified atom stereocenters. The van der Waals surface area contributed by atoms with Crippen molar-refractivity contribution in [2.24, 2.45) is 5.73 Å². The van der Waals surface area contributed by atoms with Gasteiger partial charge in [-0.05, 0) is 36.4 Å². The van der Waals surface area contributed by atoms with Gasteiger partial charge in [-0.25, -0.2) is 12.8 Å². The molecule has 0 spiro atoms. The molecule has 3 N–H and O–H groups in total. The highest BCUT2D eigenvalue weighted by Crippen LogP contribution is 2.33. The van der Waals surface area contributed by atoms with Crippen LogP contribution in [0.5, 0.6) is 11.5 Å². The highest BCUT2D eigenvalue weighted by Gasteiger charge is 2.30. The SMILES string of the molecule is COc1ccc(S(=O)(=O)N(CC(=O)Nc2ccccc2C(N)=O)c2ccccc2F)cc1OC. The van der Waals surface area contributed by atoms with E-state index in [-0.39, 0.29) is 27.6 Å². The van der Waals surface area contributed by atoms with E-state index in [9.17, 15) is 22.4 Å². The molecular formula is C23H22FN3O6S. The standard InChI is InChI=1S/C23H22FN3O6S/c1-32-20-12-11-15(13-21(20)33-2)34(30,31)27(19-10-6-4-8-17(19)24)14-22(28)26-18-9-5-3-7-16(18)23(25)29/h3-13H,14H2,1-2H3,(H2,25,29)(H,26,28). The minimum atomic E-state index is -4.44. The van der Waals surface area contributed by atoms with Gasteiger partial charge in [-0.3, -0.25) is 13.9 Å². The van der Waals surface area contributed by atoms with E-state index in [1.807, 2.05) is 0 Å². The third-order valence-corrected chi connectivity index (χ3v) is 6.57. The largest absolute Gasteiger partial charge is 0.493 e. The van der Waals surface area contributed by atoms with E-state index in [4.69, 9.17) is 15.2 Å². The second-order valence-corrected chi connectivity index (χ2v) is 8.80. The van der Waals surface area contributed by atoms with Crippen LogP contribution in [0, 0.1) is 5.82 Å². The summed E-state index contributed by atoms with van der Waals surface area (Å²) in [5.74, 6) is -2.02. The quantitative estimate of drug-likeness (QED) is 0.478. The zero-order valence-electron chi connectivity index (χ0n) is 18.3. The lowest BCUT2D eigenvalue weighted by Gasteiger charge is -2.25. The second-order valence-electron chi connectivity index (χ2n) is 6.94. The summed E-state index contributed by atoms with van der Waals surface area (Å²) in [4.78, 5) is 24.2. The summed E-state index contributed by atoms with van der Waals surface area (Å²) in [7, 11) is -1.71. The molecule has 0 saturated carbocycles. The molecule has 0 radical (unpaired) electrons. The van der Waals surface area contributed by atoms with E-state index in [0.717, 1.165) is 6.07 Å². The third-order valence-electron chi connectivity index (χ3n) is 4.82. The summed E-state index contributed by atoms with van der Waals surface area (Å²) in [6.07, 6.45) is 0. The number of hydrogen-bond donors (Lipinski definition) is 2. The monoisotopic (exact) mass is 487 g/mol. The van der Waals surface area contributed by atoms with Crippen LogP contribution in [0.2, 0.25) is 0 Å². The number of sulfonamides is 1. The maximum atomic E-state index is 14.7. The number of nitrogens with zero attached hydrogens (tertiary/aromatic N) is 1. The Labute approximate surface area is 195 Å². The van der Waals surface area contributed by atoms with Gasteiger partial charge in [0.25, 0.3) is 15.9 Å². The number of carbonyl (C=O) groups is 2. The van der Waals surface area contributed by atoms with Crippen LogP contribution in [0.3, 0.4) is 0 Å². The van der Waals surface area contributed by atoms with Crippen LogP contribution in [-0.4, -0.2) is 41.0 Å². The van der Waals surface area contributed by atoms with Crippen LogP contribution in [-0.2, 0) is 14.8 Å². The zero-order chi connectivity index (χ0) is 24.9. The Morgan fingerprint density at radius 2 is 1.62 bits per heavy atom. The summed E-state index contributed by atoms with van der Waals surface area (Å²) >= 11 is 0. The van der Waals surface area contributed by atoms with Crippen molar-refractivity contribution in [2.75, 3.05) is 30.4 Å². The number of methoxy groups -OCH3 is 2. The molecule has 0 atom stereocenters. The molecule has 3 rings (SSSR count). The second kappa shape index (κ2) is 10.2. The van der Waals surface area contributed by atoms with E-state index in [1.165, 1.54) is 62.8 Å². The Kier molecular flexibility index (Phi) is 7.37. The normalized spacial score (nSPS) is 10.9. The topological polar surface area (TPSA) is 128 Å². The molecular weight excluding hydrogens is 465 g/mol. The van der Waals surface area contributed by atoms with Crippen LogP contribution in [0.25, 0.3) is 0 Å². The van der Waals surface area contributed by atoms with Crippen molar-refractivity contribution in [2.45, 2.75) is 4.90 Å². The molecule has 3 aromatic carbocycles. The smallest absolute Gasteiger partial charge is 0.265 e. The molecule has 3 aromatic rings. The first kappa shape index (κ1) is 24.5. The Hall–Kier alpha value is -4.12. The van der Waals surface area contributed by atoms with Gasteiger partial charge in [0, 0.05) is 6.07 Å². The molecule has 178 valence electrons. The Balaban J connectivity index is 2.03. The van der Waals surface area contributed by atoms with Crippen LogP contribution in [0.4, 0.5) is 15.8 Å². The van der Waals surface area contributed by atoms with E-state index < -0.39 is 34.2 Å². The van der Waals surface area contributed by atoms with Gasteiger partial charge in [-0.15, -0.1) is 0 Å². The lowest BCUT2D eigenvalue weighted by atomic mass is 10.1. The van der Waals surface area contributed by atoms with Crippen LogP contribution in [0.1, 0.15) is 10.4 Å². The molecule has 11 heteroatoms. The number of benzene rings is 3. The highest BCUT2D eigenvalue weighted by molar-refractivity contribution is 7.92. The van der Waals surface area contributed by atoms with Crippen molar-refractivity contribution in [3.05, 3.63) is 78.1 Å². The number of ether oxygens (including phenoxy) is 2. The summed E-state index contributed by atoms with van der Waals surface area (Å²) in [6, 6.07) is 15.0. The molecule has 0 heterocycles. The number of anilines is 2. The molecule has 0 saturated heterocycles. The Morgan fingerprint density at radius 1 is 0.971 bits per heavy atom. The number of rotatable bonds is 9. The third kappa shape index (κ3) is 5.09. The molecule has 9 nitrogen and oxygen atoms in total. The zero-order valence-corrected chi connectivity index (χ0v) is 19.1. The fourth-order valence-corrected chi connectivity index (χ4v) is 4.63. The number of amides is 2. The molecule has 0 fully saturated rings. The average Bonchev–Trinajstić information content (AvgIpc) is 2.82. The molecule has 0 aliphatic rings. The van der Waals surface area contributed by atoms with E-state index >= 15 is 0 Å². The van der Waals surface area contributed by atoms with Crippen molar-refractivity contribution in [3.63, 3.8) is 0 Å². The minimum Gasteiger partial charge on any atom is -0.493 e. The summed E-state index contributed by atoms with van der Waals surface area (Å²) in [5.41, 5.74) is 5.13. The van der Waals surface area contributed by atoms with Crippen LogP contribution < -0.4 is 24.8 Å². The van der Waals surface area contributed by atoms with Gasteiger partial charge >= 0.3 is 0 Å². The van der Waals surface area contributed by atoms with E-state index in [1.54, 1.807) is 12.1 Å². The number of nitrogens with two attached hydrogens (primary N) is 1. The Morgan fingerprint density at radius 3 is 2.26 bits per heavy atom. The first-order valence-electron chi connectivity index (χ1n) is 9.87. The predicted molar refractivity (Wildman–Crippen MR) is 124 cm³/mol. The highest BCUT2D eigenvalue weighted by atomic mass is 32.2. The predicted octanol–water partition coefficient (Wildman–Crippen LogP) is 2.78. The Bertz CT molecular complexity index is 1330. The summed E-state index contributed by atoms with van der Waals surface area (Å²) in [6.45, 7) is -0.787. The average molecular weight is 488 g/mol. The maximum Gasteiger partial charge on any atom is 0.265 e. The summed E-state index contributed by atoms with van der Waals surface area (Å²) < 4.78 is 52.6. The number of primary amides is 1. The van der Waals surface area contributed by atoms with Crippen LogP contribution in [0.15, 0.2) is 71.6 Å². The van der Waals surface area contributed by atoms with Gasteiger partial charge in [0.15, 0.2) is 11.5 Å². The fourth-order valence-electron chi connectivity index (χ4n) is 3.19. The number of carbonyl (C=O) groups excluding carboxylic acids is 2. The van der Waals surface area contributed by atoms with Gasteiger partial charge in [0.1, 0.15) is 12.4 Å². The molecule has 0 bridgehead atoms. The molecule has 0 aliphatic heterocycles. The lowest BCUT2D eigenvalue weighted by molar-refractivity contribution is -0.114. The van der Waals surface area contributed by atoms with Crippen LogP contribution >= 0.6 is 0 Å². The fraction of sp³-hybridized carbons (Fsp3) is 0.130. The van der Waals surface area contributed by atoms with Crippen molar-refractivity contribution in [1.82, 2.24) is 0 Å². The maximum absolute atomic E-state index is 14.7.